The van der Waals surface area contributed by atoms with Crippen molar-refractivity contribution in [2.24, 2.45) is 7.05 Å². The second-order valence-corrected chi connectivity index (χ2v) is 4.79. The van der Waals surface area contributed by atoms with Crippen molar-refractivity contribution in [2.75, 3.05) is 5.32 Å². The van der Waals surface area contributed by atoms with E-state index in [9.17, 15) is 9.59 Å². The number of imidazole rings is 1. The maximum Gasteiger partial charge on any atom is 0.337 e. The minimum atomic E-state index is -1.11. The first kappa shape index (κ1) is 13.3. The van der Waals surface area contributed by atoms with Crippen LogP contribution in [0.3, 0.4) is 0 Å². The fourth-order valence-electron chi connectivity index (χ4n) is 1.52. The molecule has 98 valence electrons. The highest BCUT2D eigenvalue weighted by Crippen LogP contribution is 2.21. The Labute approximate surface area is 117 Å². The zero-order valence-corrected chi connectivity index (χ0v) is 11.5. The number of nitrogens with one attached hydrogen (secondary N) is 1. The molecule has 2 N–H and O–H groups in total. The average Bonchev–Trinajstić information content (AvgIpc) is 2.78. The monoisotopic (exact) mass is 323 g/mol. The van der Waals surface area contributed by atoms with Gasteiger partial charge in [-0.2, -0.15) is 0 Å². The number of carbonyl (C=O) groups is 2. The molecule has 0 spiro atoms. The molecule has 0 saturated heterocycles. The molecular weight excluding hydrogens is 314 g/mol. The SMILES string of the molecule is Cn1cnc(C(=O)Nc2ccc(Br)cc2C(=O)O)c1. The van der Waals surface area contributed by atoms with Crippen LogP contribution in [0.5, 0.6) is 0 Å². The molecule has 19 heavy (non-hydrogen) atoms. The van der Waals surface area contributed by atoms with Gasteiger partial charge in [-0.1, -0.05) is 15.9 Å². The molecule has 0 bridgehead atoms. The van der Waals surface area contributed by atoms with E-state index in [1.54, 1.807) is 23.9 Å². The number of aromatic nitrogens is 2. The van der Waals surface area contributed by atoms with Gasteiger partial charge < -0.3 is 15.0 Å². The molecule has 0 aliphatic heterocycles. The minimum Gasteiger partial charge on any atom is -0.478 e. The number of hydrogen-bond acceptors (Lipinski definition) is 3. The minimum absolute atomic E-state index is 0.0126. The number of carboxylic acid groups (broad SMARTS) is 1. The Morgan fingerprint density at radius 1 is 1.42 bits per heavy atom. The van der Waals surface area contributed by atoms with E-state index in [1.807, 2.05) is 0 Å². The third kappa shape index (κ3) is 3.00. The molecule has 0 radical (unpaired) electrons. The normalized spacial score (nSPS) is 10.2. The number of amides is 1. The number of carboxylic acids is 1. The number of benzene rings is 1. The molecule has 6 nitrogen and oxygen atoms in total. The summed E-state index contributed by atoms with van der Waals surface area (Å²) in [6, 6.07) is 4.60. The quantitative estimate of drug-likeness (QED) is 0.906. The lowest BCUT2D eigenvalue weighted by Crippen LogP contribution is -2.15. The van der Waals surface area contributed by atoms with Gasteiger partial charge in [-0.3, -0.25) is 4.79 Å². The van der Waals surface area contributed by atoms with E-state index in [-0.39, 0.29) is 16.9 Å². The molecule has 0 unspecified atom stereocenters. The molecule has 2 aromatic rings. The van der Waals surface area contributed by atoms with E-state index in [4.69, 9.17) is 5.11 Å². The Morgan fingerprint density at radius 2 is 2.16 bits per heavy atom. The van der Waals surface area contributed by atoms with Crippen molar-refractivity contribution >= 4 is 33.5 Å². The highest BCUT2D eigenvalue weighted by Gasteiger charge is 2.15. The van der Waals surface area contributed by atoms with Crippen molar-refractivity contribution in [1.82, 2.24) is 9.55 Å². The Bertz CT molecular complexity index is 651. The first-order chi connectivity index (χ1) is 8.97. The first-order valence-corrected chi connectivity index (χ1v) is 6.09. The molecule has 1 heterocycles. The number of aromatic carboxylic acids is 1. The van der Waals surface area contributed by atoms with Gasteiger partial charge in [0, 0.05) is 17.7 Å². The lowest BCUT2D eigenvalue weighted by Gasteiger charge is -2.07. The van der Waals surface area contributed by atoms with Crippen molar-refractivity contribution in [1.29, 1.82) is 0 Å². The molecule has 0 aliphatic rings. The molecule has 2 rings (SSSR count). The van der Waals surface area contributed by atoms with E-state index in [2.05, 4.69) is 26.2 Å². The third-order valence-corrected chi connectivity index (χ3v) is 2.89. The van der Waals surface area contributed by atoms with Crippen LogP contribution in [-0.4, -0.2) is 26.5 Å². The zero-order valence-electron chi connectivity index (χ0n) is 9.92. The fraction of sp³-hybridized carbons (Fsp3) is 0.0833. The van der Waals surface area contributed by atoms with Gasteiger partial charge in [-0.15, -0.1) is 0 Å². The lowest BCUT2D eigenvalue weighted by atomic mass is 10.2. The maximum atomic E-state index is 11.9. The molecule has 0 fully saturated rings. The predicted octanol–water partition coefficient (Wildman–Crippen LogP) is 2.13. The van der Waals surface area contributed by atoms with E-state index in [0.29, 0.717) is 4.47 Å². The van der Waals surface area contributed by atoms with E-state index in [0.717, 1.165) is 0 Å². The maximum absolute atomic E-state index is 11.9. The molecule has 1 aromatic heterocycles. The number of aryl methyl sites for hydroxylation is 1. The molecular formula is C12H10BrN3O3. The number of halogens is 1. The molecule has 1 aromatic carbocycles. The number of nitrogens with zero attached hydrogens (tertiary/aromatic N) is 2. The van der Waals surface area contributed by atoms with Crippen molar-refractivity contribution in [3.63, 3.8) is 0 Å². The zero-order chi connectivity index (χ0) is 14.0. The van der Waals surface area contributed by atoms with Gasteiger partial charge in [0.25, 0.3) is 5.91 Å². The van der Waals surface area contributed by atoms with Gasteiger partial charge in [0.2, 0.25) is 0 Å². The second kappa shape index (κ2) is 5.23. The van der Waals surface area contributed by atoms with Crippen LogP contribution in [0.4, 0.5) is 5.69 Å². The largest absolute Gasteiger partial charge is 0.478 e. The van der Waals surface area contributed by atoms with Crippen LogP contribution < -0.4 is 5.32 Å². The summed E-state index contributed by atoms with van der Waals surface area (Å²) < 4.78 is 2.26. The van der Waals surface area contributed by atoms with Gasteiger partial charge in [0.1, 0.15) is 5.69 Å². The molecule has 0 aliphatic carbocycles. The lowest BCUT2D eigenvalue weighted by molar-refractivity contribution is 0.0698. The summed E-state index contributed by atoms with van der Waals surface area (Å²) in [4.78, 5) is 26.9. The summed E-state index contributed by atoms with van der Waals surface area (Å²) in [7, 11) is 1.74. The van der Waals surface area contributed by atoms with Crippen LogP contribution in [0.15, 0.2) is 35.2 Å². The van der Waals surface area contributed by atoms with Crippen LogP contribution in [0, 0.1) is 0 Å². The molecule has 1 amide bonds. The van der Waals surface area contributed by atoms with Crippen LogP contribution in [0.2, 0.25) is 0 Å². The third-order valence-electron chi connectivity index (χ3n) is 2.40. The Hall–Kier alpha value is -2.15. The number of hydrogen-bond donors (Lipinski definition) is 2. The van der Waals surface area contributed by atoms with Crippen LogP contribution in [0.1, 0.15) is 20.8 Å². The molecule has 0 saturated carbocycles. The van der Waals surface area contributed by atoms with Crippen molar-refractivity contribution in [3.05, 3.63) is 46.5 Å². The van der Waals surface area contributed by atoms with Gasteiger partial charge in [-0.25, -0.2) is 9.78 Å². The fourth-order valence-corrected chi connectivity index (χ4v) is 1.88. The van der Waals surface area contributed by atoms with E-state index >= 15 is 0 Å². The first-order valence-electron chi connectivity index (χ1n) is 5.29. The summed E-state index contributed by atoms with van der Waals surface area (Å²) in [6.45, 7) is 0. The van der Waals surface area contributed by atoms with Gasteiger partial charge in [0.05, 0.1) is 17.6 Å². The molecule has 7 heteroatoms. The second-order valence-electron chi connectivity index (χ2n) is 3.87. The van der Waals surface area contributed by atoms with Crippen molar-refractivity contribution < 1.29 is 14.7 Å². The van der Waals surface area contributed by atoms with Crippen LogP contribution >= 0.6 is 15.9 Å². The van der Waals surface area contributed by atoms with Crippen molar-refractivity contribution in [3.8, 4) is 0 Å². The summed E-state index contributed by atoms with van der Waals surface area (Å²) >= 11 is 3.19. The van der Waals surface area contributed by atoms with Gasteiger partial charge in [0.15, 0.2) is 0 Å². The highest BCUT2D eigenvalue weighted by atomic mass is 79.9. The Balaban J connectivity index is 2.28. The summed E-state index contributed by atoms with van der Waals surface area (Å²) in [6.07, 6.45) is 3.04. The Morgan fingerprint density at radius 3 is 2.74 bits per heavy atom. The summed E-state index contributed by atoms with van der Waals surface area (Å²) in [5.74, 6) is -1.57. The van der Waals surface area contributed by atoms with Crippen LogP contribution in [-0.2, 0) is 7.05 Å². The standard InChI is InChI=1S/C12H10BrN3O3/c1-16-5-10(14-6-16)11(17)15-9-3-2-7(13)4-8(9)12(18)19/h2-6H,1H3,(H,15,17)(H,18,19). The van der Waals surface area contributed by atoms with Crippen LogP contribution in [0.25, 0.3) is 0 Å². The molecule has 0 atom stereocenters. The Kier molecular flexibility index (Phi) is 3.66. The smallest absolute Gasteiger partial charge is 0.337 e. The summed E-state index contributed by atoms with van der Waals surface area (Å²) in [5.41, 5.74) is 0.465. The van der Waals surface area contributed by atoms with Gasteiger partial charge >= 0.3 is 5.97 Å². The van der Waals surface area contributed by atoms with E-state index < -0.39 is 11.9 Å². The highest BCUT2D eigenvalue weighted by molar-refractivity contribution is 9.10. The number of rotatable bonds is 3. The average molecular weight is 324 g/mol. The number of anilines is 1. The van der Waals surface area contributed by atoms with E-state index in [1.165, 1.54) is 18.5 Å². The number of carbonyl (C=O) groups excluding carboxylic acids is 1. The van der Waals surface area contributed by atoms with Crippen molar-refractivity contribution in [2.45, 2.75) is 0 Å². The van der Waals surface area contributed by atoms with Gasteiger partial charge in [-0.05, 0) is 18.2 Å². The predicted molar refractivity (Wildman–Crippen MR) is 72.3 cm³/mol. The topological polar surface area (TPSA) is 84.2 Å². The summed E-state index contributed by atoms with van der Waals surface area (Å²) in [5, 5.41) is 11.6.